The number of hydrogen-bond acceptors (Lipinski definition) is 0. The SMILES string of the molecule is Cc1cccc(CC(Cl)c2ccc(Cl)c(Cl)c2)c1. The van der Waals surface area contributed by atoms with Crippen LogP contribution in [0.2, 0.25) is 10.0 Å². The molecule has 0 saturated heterocycles. The van der Waals surface area contributed by atoms with Crippen LogP contribution in [-0.4, -0.2) is 0 Å². The van der Waals surface area contributed by atoms with Gasteiger partial charge in [0.1, 0.15) is 0 Å². The summed E-state index contributed by atoms with van der Waals surface area (Å²) in [5.74, 6) is 0. The number of halogens is 3. The van der Waals surface area contributed by atoms with E-state index in [-0.39, 0.29) is 5.38 Å². The summed E-state index contributed by atoms with van der Waals surface area (Å²) >= 11 is 18.3. The Morgan fingerprint density at radius 1 is 1.00 bits per heavy atom. The predicted octanol–water partition coefficient (Wildman–Crippen LogP) is 5.82. The molecule has 94 valence electrons. The van der Waals surface area contributed by atoms with Crippen molar-refractivity contribution in [3.8, 4) is 0 Å². The molecule has 3 heteroatoms. The quantitative estimate of drug-likeness (QED) is 0.626. The highest BCUT2D eigenvalue weighted by molar-refractivity contribution is 6.42. The standard InChI is InChI=1S/C15H13Cl3/c1-10-3-2-4-11(7-10)8-14(17)12-5-6-13(16)15(18)9-12/h2-7,9,14H,8H2,1H3. The van der Waals surface area contributed by atoms with Crippen LogP contribution in [0.5, 0.6) is 0 Å². The minimum absolute atomic E-state index is 0.0958. The second kappa shape index (κ2) is 5.97. The smallest absolute Gasteiger partial charge is 0.0626 e. The maximum atomic E-state index is 6.42. The molecule has 0 aliphatic rings. The van der Waals surface area contributed by atoms with Gasteiger partial charge in [-0.1, -0.05) is 59.1 Å². The number of hydrogen-bond donors (Lipinski definition) is 0. The Bertz CT molecular complexity index is 549. The lowest BCUT2D eigenvalue weighted by atomic mass is 10.0. The molecule has 0 nitrogen and oxygen atoms in total. The van der Waals surface area contributed by atoms with E-state index in [1.807, 2.05) is 18.2 Å². The van der Waals surface area contributed by atoms with Gasteiger partial charge in [0.25, 0.3) is 0 Å². The second-order valence-corrected chi connectivity index (χ2v) is 5.68. The van der Waals surface area contributed by atoms with Crippen molar-refractivity contribution in [2.24, 2.45) is 0 Å². The molecule has 18 heavy (non-hydrogen) atoms. The van der Waals surface area contributed by atoms with E-state index in [0.29, 0.717) is 10.0 Å². The molecule has 0 bridgehead atoms. The summed E-state index contributed by atoms with van der Waals surface area (Å²) in [6.07, 6.45) is 0.779. The molecule has 0 radical (unpaired) electrons. The second-order valence-electron chi connectivity index (χ2n) is 4.33. The van der Waals surface area contributed by atoms with Crippen molar-refractivity contribution >= 4 is 34.8 Å². The Hall–Kier alpha value is -0.690. The van der Waals surface area contributed by atoms with Crippen LogP contribution in [0.15, 0.2) is 42.5 Å². The van der Waals surface area contributed by atoms with E-state index in [9.17, 15) is 0 Å². The maximum absolute atomic E-state index is 6.42. The molecule has 2 rings (SSSR count). The number of aryl methyl sites for hydroxylation is 1. The third-order valence-corrected chi connectivity index (χ3v) is 3.95. The summed E-state index contributed by atoms with van der Waals surface area (Å²) in [7, 11) is 0. The minimum atomic E-state index is -0.0958. The summed E-state index contributed by atoms with van der Waals surface area (Å²) in [5.41, 5.74) is 3.46. The lowest BCUT2D eigenvalue weighted by Crippen LogP contribution is -1.96. The van der Waals surface area contributed by atoms with Crippen molar-refractivity contribution in [3.05, 3.63) is 69.2 Å². The normalized spacial score (nSPS) is 12.4. The number of alkyl halides is 1. The minimum Gasteiger partial charge on any atom is -0.117 e. The van der Waals surface area contributed by atoms with Crippen LogP contribution in [0.4, 0.5) is 0 Å². The molecule has 1 unspecified atom stereocenters. The highest BCUT2D eigenvalue weighted by atomic mass is 35.5. The summed E-state index contributed by atoms with van der Waals surface area (Å²) < 4.78 is 0. The third kappa shape index (κ3) is 3.41. The lowest BCUT2D eigenvalue weighted by Gasteiger charge is -2.11. The van der Waals surface area contributed by atoms with E-state index in [4.69, 9.17) is 34.8 Å². The van der Waals surface area contributed by atoms with Gasteiger partial charge in [-0.3, -0.25) is 0 Å². The summed E-state index contributed by atoms with van der Waals surface area (Å²) in [5, 5.41) is 1.01. The van der Waals surface area contributed by atoms with Crippen LogP contribution in [0.1, 0.15) is 22.1 Å². The average molecular weight is 300 g/mol. The molecule has 0 fully saturated rings. The van der Waals surface area contributed by atoms with Crippen molar-refractivity contribution in [1.29, 1.82) is 0 Å². The number of rotatable bonds is 3. The fraction of sp³-hybridized carbons (Fsp3) is 0.200. The molecule has 0 saturated carbocycles. The van der Waals surface area contributed by atoms with Crippen LogP contribution < -0.4 is 0 Å². The molecule has 0 amide bonds. The van der Waals surface area contributed by atoms with Crippen molar-refractivity contribution < 1.29 is 0 Å². The molecule has 0 aromatic heterocycles. The van der Waals surface area contributed by atoms with Gasteiger partial charge in [-0.2, -0.15) is 0 Å². The van der Waals surface area contributed by atoms with Gasteiger partial charge in [-0.15, -0.1) is 11.6 Å². The fourth-order valence-corrected chi connectivity index (χ4v) is 2.49. The van der Waals surface area contributed by atoms with E-state index in [2.05, 4.69) is 25.1 Å². The van der Waals surface area contributed by atoms with E-state index in [0.717, 1.165) is 12.0 Å². The van der Waals surface area contributed by atoms with Gasteiger partial charge in [0.2, 0.25) is 0 Å². The van der Waals surface area contributed by atoms with Gasteiger partial charge >= 0.3 is 0 Å². The zero-order valence-corrected chi connectivity index (χ0v) is 12.2. The van der Waals surface area contributed by atoms with Gasteiger partial charge in [0, 0.05) is 0 Å². The lowest BCUT2D eigenvalue weighted by molar-refractivity contribution is 0.918. The molecule has 1 atom stereocenters. The van der Waals surface area contributed by atoms with Crippen molar-refractivity contribution in [3.63, 3.8) is 0 Å². The van der Waals surface area contributed by atoms with E-state index in [1.54, 1.807) is 6.07 Å². The Balaban J connectivity index is 2.16. The molecular weight excluding hydrogens is 287 g/mol. The maximum Gasteiger partial charge on any atom is 0.0626 e. The Morgan fingerprint density at radius 2 is 1.78 bits per heavy atom. The predicted molar refractivity (Wildman–Crippen MR) is 79.9 cm³/mol. The monoisotopic (exact) mass is 298 g/mol. The number of benzene rings is 2. The first kappa shape index (κ1) is 13.7. The zero-order chi connectivity index (χ0) is 13.1. The topological polar surface area (TPSA) is 0 Å². The summed E-state index contributed by atoms with van der Waals surface area (Å²) in [4.78, 5) is 0. The van der Waals surface area contributed by atoms with Gasteiger partial charge in [0.05, 0.1) is 15.4 Å². The summed E-state index contributed by atoms with van der Waals surface area (Å²) in [6.45, 7) is 2.08. The third-order valence-electron chi connectivity index (χ3n) is 2.80. The molecule has 2 aromatic carbocycles. The molecule has 2 aromatic rings. The molecule has 0 aliphatic carbocycles. The zero-order valence-electron chi connectivity index (χ0n) is 9.96. The Morgan fingerprint density at radius 3 is 2.44 bits per heavy atom. The summed E-state index contributed by atoms with van der Waals surface area (Å²) in [6, 6.07) is 13.9. The first-order valence-corrected chi connectivity index (χ1v) is 6.90. The van der Waals surface area contributed by atoms with Gasteiger partial charge in [0.15, 0.2) is 0 Å². The van der Waals surface area contributed by atoms with Crippen molar-refractivity contribution in [2.75, 3.05) is 0 Å². The highest BCUT2D eigenvalue weighted by Crippen LogP contribution is 2.30. The van der Waals surface area contributed by atoms with Gasteiger partial charge < -0.3 is 0 Å². The largest absolute Gasteiger partial charge is 0.117 e. The van der Waals surface area contributed by atoms with Crippen LogP contribution in [0.25, 0.3) is 0 Å². The van der Waals surface area contributed by atoms with Crippen molar-refractivity contribution in [1.82, 2.24) is 0 Å². The molecule has 0 N–H and O–H groups in total. The van der Waals surface area contributed by atoms with E-state index in [1.165, 1.54) is 11.1 Å². The fourth-order valence-electron chi connectivity index (χ4n) is 1.87. The van der Waals surface area contributed by atoms with E-state index >= 15 is 0 Å². The van der Waals surface area contributed by atoms with Crippen LogP contribution in [0, 0.1) is 6.92 Å². The van der Waals surface area contributed by atoms with E-state index < -0.39 is 0 Å². The Labute approximate surface area is 122 Å². The molecular formula is C15H13Cl3. The molecule has 0 aliphatic heterocycles. The van der Waals surface area contributed by atoms with Crippen LogP contribution >= 0.6 is 34.8 Å². The average Bonchev–Trinajstić information content (AvgIpc) is 2.32. The first-order valence-electron chi connectivity index (χ1n) is 5.71. The van der Waals surface area contributed by atoms with Gasteiger partial charge in [-0.25, -0.2) is 0 Å². The molecule has 0 heterocycles. The Kier molecular flexibility index (Phi) is 4.55. The van der Waals surface area contributed by atoms with Crippen LogP contribution in [0.3, 0.4) is 0 Å². The first-order chi connectivity index (χ1) is 8.56. The van der Waals surface area contributed by atoms with Gasteiger partial charge in [-0.05, 0) is 36.6 Å². The molecule has 0 spiro atoms. The highest BCUT2D eigenvalue weighted by Gasteiger charge is 2.10. The van der Waals surface area contributed by atoms with Crippen molar-refractivity contribution in [2.45, 2.75) is 18.7 Å². The van der Waals surface area contributed by atoms with Crippen LogP contribution in [-0.2, 0) is 6.42 Å².